The number of aromatic nitrogens is 2. The molecule has 158 valence electrons. The summed E-state index contributed by atoms with van der Waals surface area (Å²) >= 11 is 6.17. The van der Waals surface area contributed by atoms with Gasteiger partial charge in [-0.15, -0.1) is 0 Å². The van der Waals surface area contributed by atoms with E-state index in [4.69, 9.17) is 22.3 Å². The molecule has 0 amide bonds. The summed E-state index contributed by atoms with van der Waals surface area (Å²) in [4.78, 5) is 18.4. The first-order chi connectivity index (χ1) is 14.8. The van der Waals surface area contributed by atoms with Crippen LogP contribution in [0.1, 0.15) is 37.5 Å². The van der Waals surface area contributed by atoms with Gasteiger partial charge in [0.05, 0.1) is 17.4 Å². The van der Waals surface area contributed by atoms with E-state index in [1.165, 1.54) is 5.56 Å². The van der Waals surface area contributed by atoms with Crippen LogP contribution < -0.4 is 11.3 Å². The number of benzene rings is 3. The molecule has 2 N–H and O–H groups in total. The first kappa shape index (κ1) is 21.3. The van der Waals surface area contributed by atoms with Crippen LogP contribution in [0.4, 0.5) is 0 Å². The molecule has 0 fully saturated rings. The highest BCUT2D eigenvalue weighted by Gasteiger charge is 2.17. The van der Waals surface area contributed by atoms with Crippen molar-refractivity contribution < 1.29 is 0 Å². The first-order valence-electron chi connectivity index (χ1n) is 10.3. The molecule has 0 unspecified atom stereocenters. The Kier molecular flexibility index (Phi) is 5.69. The van der Waals surface area contributed by atoms with Gasteiger partial charge >= 0.3 is 0 Å². The van der Waals surface area contributed by atoms with Gasteiger partial charge < -0.3 is 5.73 Å². The number of nitrogens with zero attached hydrogens (tertiary/aromatic N) is 2. The second-order valence-electron chi connectivity index (χ2n) is 8.84. The lowest BCUT2D eigenvalue weighted by Crippen LogP contribution is -2.24. The molecule has 3 aromatic carbocycles. The van der Waals surface area contributed by atoms with Gasteiger partial charge in [-0.3, -0.25) is 9.36 Å². The van der Waals surface area contributed by atoms with Gasteiger partial charge in [0.15, 0.2) is 0 Å². The van der Waals surface area contributed by atoms with Crippen molar-refractivity contribution in [3.8, 4) is 11.4 Å². The largest absolute Gasteiger partial charge is 0.326 e. The molecule has 5 heteroatoms. The number of hydrogen-bond acceptors (Lipinski definition) is 3. The molecule has 0 radical (unpaired) electrons. The summed E-state index contributed by atoms with van der Waals surface area (Å²) in [7, 11) is 0. The second kappa shape index (κ2) is 8.29. The SMILES string of the molecule is CC(C)(C)c1ccc(-c2nc3ccc(Cl)cc3c(=O)n2Cc2cccc(CN)c2)cc1. The molecule has 4 nitrogen and oxygen atoms in total. The lowest BCUT2D eigenvalue weighted by molar-refractivity contribution is 0.590. The van der Waals surface area contributed by atoms with Gasteiger partial charge in [-0.2, -0.15) is 0 Å². The molecule has 1 aromatic heterocycles. The average Bonchev–Trinajstić information content (AvgIpc) is 2.75. The van der Waals surface area contributed by atoms with Crippen molar-refractivity contribution in [1.29, 1.82) is 0 Å². The van der Waals surface area contributed by atoms with E-state index in [1.807, 2.05) is 36.4 Å². The zero-order valence-corrected chi connectivity index (χ0v) is 18.8. The van der Waals surface area contributed by atoms with Gasteiger partial charge in [-0.25, -0.2) is 4.98 Å². The van der Waals surface area contributed by atoms with Crippen LogP contribution in [0.3, 0.4) is 0 Å². The number of nitrogens with two attached hydrogens (primary N) is 1. The van der Waals surface area contributed by atoms with Crippen LogP contribution in [-0.2, 0) is 18.5 Å². The van der Waals surface area contributed by atoms with Gasteiger partial charge in [0, 0.05) is 17.1 Å². The summed E-state index contributed by atoms with van der Waals surface area (Å²) in [5.74, 6) is 0.637. The topological polar surface area (TPSA) is 60.9 Å². The number of halogens is 1. The Bertz CT molecular complexity index is 1300. The molecule has 0 saturated carbocycles. The average molecular weight is 432 g/mol. The fourth-order valence-corrected chi connectivity index (χ4v) is 3.89. The summed E-state index contributed by atoms with van der Waals surface area (Å²) in [5.41, 5.74) is 10.5. The maximum atomic E-state index is 13.5. The Labute approximate surface area is 187 Å². The van der Waals surface area contributed by atoms with E-state index in [-0.39, 0.29) is 11.0 Å². The van der Waals surface area contributed by atoms with E-state index in [2.05, 4.69) is 32.9 Å². The minimum Gasteiger partial charge on any atom is -0.326 e. The Hall–Kier alpha value is -2.95. The number of fused-ring (bicyclic) bond motifs is 1. The van der Waals surface area contributed by atoms with Crippen molar-refractivity contribution in [2.24, 2.45) is 5.73 Å². The fourth-order valence-electron chi connectivity index (χ4n) is 3.72. The Morgan fingerprint density at radius 1 is 0.968 bits per heavy atom. The lowest BCUT2D eigenvalue weighted by Gasteiger charge is -2.20. The maximum absolute atomic E-state index is 13.5. The second-order valence-corrected chi connectivity index (χ2v) is 9.28. The molecule has 0 atom stereocenters. The van der Waals surface area contributed by atoms with E-state index < -0.39 is 0 Å². The third-order valence-electron chi connectivity index (χ3n) is 5.49. The summed E-state index contributed by atoms with van der Waals surface area (Å²) in [6.45, 7) is 7.40. The first-order valence-corrected chi connectivity index (χ1v) is 10.7. The Morgan fingerprint density at radius 2 is 1.68 bits per heavy atom. The monoisotopic (exact) mass is 431 g/mol. The van der Waals surface area contributed by atoms with Crippen molar-refractivity contribution in [2.75, 3.05) is 0 Å². The minimum atomic E-state index is -0.111. The molecule has 0 aliphatic carbocycles. The van der Waals surface area contributed by atoms with Crippen LogP contribution in [0.25, 0.3) is 22.3 Å². The van der Waals surface area contributed by atoms with Gasteiger partial charge in [-0.05, 0) is 40.3 Å². The smallest absolute Gasteiger partial charge is 0.262 e. The zero-order chi connectivity index (χ0) is 22.2. The van der Waals surface area contributed by atoms with Crippen molar-refractivity contribution in [2.45, 2.75) is 39.3 Å². The zero-order valence-electron chi connectivity index (χ0n) is 18.0. The van der Waals surface area contributed by atoms with E-state index >= 15 is 0 Å². The standard InChI is InChI=1S/C26H26ClN3O/c1-26(2,3)20-9-7-19(8-10-20)24-29-23-12-11-21(27)14-22(23)25(31)30(24)16-18-6-4-5-17(13-18)15-28/h4-14H,15-16,28H2,1-3H3. The summed E-state index contributed by atoms with van der Waals surface area (Å²) in [5, 5.41) is 1.03. The van der Waals surface area contributed by atoms with Crippen LogP contribution in [0.2, 0.25) is 5.02 Å². The van der Waals surface area contributed by atoms with Crippen LogP contribution in [0.15, 0.2) is 71.5 Å². The predicted molar refractivity (Wildman–Crippen MR) is 129 cm³/mol. The van der Waals surface area contributed by atoms with Crippen molar-refractivity contribution in [1.82, 2.24) is 9.55 Å². The highest BCUT2D eigenvalue weighted by atomic mass is 35.5. The molecule has 0 spiro atoms. The quantitative estimate of drug-likeness (QED) is 0.462. The molecule has 31 heavy (non-hydrogen) atoms. The summed E-state index contributed by atoms with van der Waals surface area (Å²) < 4.78 is 1.72. The van der Waals surface area contributed by atoms with E-state index in [0.717, 1.165) is 16.7 Å². The highest BCUT2D eigenvalue weighted by Crippen LogP contribution is 2.26. The highest BCUT2D eigenvalue weighted by molar-refractivity contribution is 6.31. The lowest BCUT2D eigenvalue weighted by atomic mass is 9.86. The molecule has 0 aliphatic heterocycles. The molecular weight excluding hydrogens is 406 g/mol. The van der Waals surface area contributed by atoms with E-state index in [0.29, 0.717) is 34.8 Å². The summed E-state index contributed by atoms with van der Waals surface area (Å²) in [6, 6.07) is 21.5. The third kappa shape index (κ3) is 4.41. The molecule has 4 aromatic rings. The Balaban J connectivity index is 1.91. The van der Waals surface area contributed by atoms with Crippen LogP contribution in [-0.4, -0.2) is 9.55 Å². The van der Waals surface area contributed by atoms with E-state index in [1.54, 1.807) is 22.8 Å². The van der Waals surface area contributed by atoms with Crippen LogP contribution in [0.5, 0.6) is 0 Å². The molecule has 0 aliphatic rings. The number of hydrogen-bond donors (Lipinski definition) is 1. The minimum absolute atomic E-state index is 0.0500. The third-order valence-corrected chi connectivity index (χ3v) is 5.73. The van der Waals surface area contributed by atoms with Gasteiger partial charge in [0.1, 0.15) is 5.82 Å². The molecule has 0 bridgehead atoms. The van der Waals surface area contributed by atoms with Crippen molar-refractivity contribution in [3.05, 3.63) is 98.8 Å². The molecule has 1 heterocycles. The Morgan fingerprint density at radius 3 is 2.35 bits per heavy atom. The van der Waals surface area contributed by atoms with Gasteiger partial charge in [0.2, 0.25) is 0 Å². The normalized spacial score (nSPS) is 11.8. The molecular formula is C26H26ClN3O. The van der Waals surface area contributed by atoms with Crippen molar-refractivity contribution in [3.63, 3.8) is 0 Å². The molecule has 0 saturated heterocycles. The van der Waals surface area contributed by atoms with Gasteiger partial charge in [0.25, 0.3) is 5.56 Å². The number of rotatable bonds is 4. The fraction of sp³-hybridized carbons (Fsp3) is 0.231. The van der Waals surface area contributed by atoms with Crippen molar-refractivity contribution >= 4 is 22.5 Å². The van der Waals surface area contributed by atoms with Gasteiger partial charge in [-0.1, -0.05) is 80.9 Å². The summed E-state index contributed by atoms with van der Waals surface area (Å²) in [6.07, 6.45) is 0. The van der Waals surface area contributed by atoms with Crippen LogP contribution in [0, 0.1) is 0 Å². The van der Waals surface area contributed by atoms with Crippen LogP contribution >= 0.6 is 11.6 Å². The maximum Gasteiger partial charge on any atom is 0.262 e. The van der Waals surface area contributed by atoms with E-state index in [9.17, 15) is 4.79 Å². The molecule has 4 rings (SSSR count). The predicted octanol–water partition coefficient (Wildman–Crippen LogP) is 5.52.